The Bertz CT molecular complexity index is 991. The largest absolute Gasteiger partial charge is 0.344 e. The summed E-state index contributed by atoms with van der Waals surface area (Å²) in [7, 11) is 0. The molecule has 6 heteroatoms. The van der Waals surface area contributed by atoms with Gasteiger partial charge in [-0.05, 0) is 50.0 Å². The van der Waals surface area contributed by atoms with E-state index in [0.717, 1.165) is 75.1 Å². The Morgan fingerprint density at radius 1 is 1.12 bits per heavy atom. The van der Waals surface area contributed by atoms with E-state index in [4.69, 9.17) is 4.98 Å². The number of likely N-dealkylation sites (tertiary alicyclic amines) is 1. The molecule has 1 aromatic carbocycles. The lowest BCUT2D eigenvalue weighted by Crippen LogP contribution is -2.52. The molecule has 2 aromatic rings. The highest BCUT2D eigenvalue weighted by Gasteiger charge is 2.40. The summed E-state index contributed by atoms with van der Waals surface area (Å²) in [6.45, 7) is 2.45. The summed E-state index contributed by atoms with van der Waals surface area (Å²) in [6.07, 6.45) is 10.8. The minimum atomic E-state index is -0.440. The molecule has 1 aromatic heterocycles. The molecule has 3 aliphatic rings. The number of amides is 2. The Balaban J connectivity index is 1.41. The van der Waals surface area contributed by atoms with Crippen LogP contribution in [0.3, 0.4) is 0 Å². The highest BCUT2D eigenvalue weighted by atomic mass is 16.2. The summed E-state index contributed by atoms with van der Waals surface area (Å²) in [4.78, 5) is 36.5. The molecular weight excluding hydrogens is 400 g/mol. The van der Waals surface area contributed by atoms with Crippen molar-refractivity contribution in [3.8, 4) is 11.3 Å². The first-order valence-electron chi connectivity index (χ1n) is 12.2. The average molecular weight is 434 g/mol. The van der Waals surface area contributed by atoms with Crippen molar-refractivity contribution >= 4 is 11.8 Å². The standard InChI is InChI=1S/C26H33N4O2/c1-2-22(31)28-23(18-10-4-3-5-11-18)26(32)30-16-8-13-21(30)25-27-20-15-14-17-9-6-7-12-19(17)24(20)29-25/h2,6-7,9,12,18,21,23H,3-5,8,10-11,13-16H2,1H3,(H,27,29)(H,28,31)/t21?,23-/m0/s1. The number of aromatic amines is 1. The van der Waals surface area contributed by atoms with Crippen LogP contribution in [-0.2, 0) is 22.4 Å². The van der Waals surface area contributed by atoms with E-state index in [0.29, 0.717) is 0 Å². The van der Waals surface area contributed by atoms with Gasteiger partial charge in [0.1, 0.15) is 11.9 Å². The van der Waals surface area contributed by atoms with Crippen LogP contribution in [0.15, 0.2) is 24.3 Å². The van der Waals surface area contributed by atoms with E-state index in [1.54, 1.807) is 6.92 Å². The molecule has 1 unspecified atom stereocenters. The molecule has 1 aliphatic heterocycles. The molecule has 2 aliphatic carbocycles. The molecule has 0 spiro atoms. The van der Waals surface area contributed by atoms with Crippen LogP contribution < -0.4 is 5.32 Å². The summed E-state index contributed by atoms with van der Waals surface area (Å²) in [6, 6.07) is 8.02. The third-order valence-electron chi connectivity index (χ3n) is 7.51. The zero-order valence-electron chi connectivity index (χ0n) is 18.9. The van der Waals surface area contributed by atoms with Crippen LogP contribution in [0.4, 0.5) is 0 Å². The maximum atomic E-state index is 13.8. The lowest BCUT2D eigenvalue weighted by Gasteiger charge is -2.34. The fraction of sp³-hybridized carbons (Fsp3) is 0.538. The molecule has 6 nitrogen and oxygen atoms in total. The van der Waals surface area contributed by atoms with Gasteiger partial charge in [0.05, 0.1) is 17.4 Å². The van der Waals surface area contributed by atoms with Gasteiger partial charge in [-0.25, -0.2) is 4.98 Å². The number of imidazole rings is 1. The summed E-state index contributed by atoms with van der Waals surface area (Å²) >= 11 is 0. The van der Waals surface area contributed by atoms with Crippen molar-refractivity contribution in [1.82, 2.24) is 20.2 Å². The number of fused-ring (bicyclic) bond motifs is 3. The average Bonchev–Trinajstić information content (AvgIpc) is 3.49. The predicted octanol–water partition coefficient (Wildman–Crippen LogP) is 4.13. The van der Waals surface area contributed by atoms with Crippen LogP contribution in [0.1, 0.15) is 75.0 Å². The summed E-state index contributed by atoms with van der Waals surface area (Å²) < 4.78 is 0. The fourth-order valence-corrected chi connectivity index (χ4v) is 5.80. The van der Waals surface area contributed by atoms with Crippen LogP contribution in [0.25, 0.3) is 11.3 Å². The van der Waals surface area contributed by atoms with Gasteiger partial charge < -0.3 is 15.2 Å². The van der Waals surface area contributed by atoms with Gasteiger partial charge >= 0.3 is 0 Å². The van der Waals surface area contributed by atoms with Crippen molar-refractivity contribution in [2.24, 2.45) is 5.92 Å². The third kappa shape index (κ3) is 3.96. The zero-order valence-corrected chi connectivity index (χ0v) is 18.9. The molecule has 2 N–H and O–H groups in total. The lowest BCUT2D eigenvalue weighted by atomic mass is 9.83. The topological polar surface area (TPSA) is 78.1 Å². The number of H-pyrrole nitrogens is 1. The maximum absolute atomic E-state index is 13.8. The number of nitrogens with zero attached hydrogens (tertiary/aromatic N) is 2. The zero-order chi connectivity index (χ0) is 22.1. The highest BCUT2D eigenvalue weighted by Crippen LogP contribution is 2.38. The number of hydrogen-bond donors (Lipinski definition) is 2. The Morgan fingerprint density at radius 3 is 2.75 bits per heavy atom. The molecule has 1 saturated carbocycles. The minimum absolute atomic E-state index is 0.0474. The maximum Gasteiger partial charge on any atom is 0.246 e. The van der Waals surface area contributed by atoms with Crippen molar-refractivity contribution in [2.75, 3.05) is 6.54 Å². The molecular formula is C26H33N4O2. The number of aryl methyl sites for hydroxylation is 2. The van der Waals surface area contributed by atoms with E-state index in [9.17, 15) is 9.59 Å². The fourth-order valence-electron chi connectivity index (χ4n) is 5.80. The van der Waals surface area contributed by atoms with Gasteiger partial charge in [-0.2, -0.15) is 0 Å². The van der Waals surface area contributed by atoms with Gasteiger partial charge in [-0.15, -0.1) is 0 Å². The molecule has 2 amide bonds. The van der Waals surface area contributed by atoms with Gasteiger partial charge in [0, 0.05) is 18.5 Å². The van der Waals surface area contributed by atoms with Gasteiger partial charge in [-0.1, -0.05) is 50.5 Å². The van der Waals surface area contributed by atoms with Crippen LogP contribution in [0, 0.1) is 12.3 Å². The summed E-state index contributed by atoms with van der Waals surface area (Å²) in [5, 5.41) is 3.03. The second kappa shape index (κ2) is 9.08. The SMILES string of the molecule is C[CH]C(=O)N[C@H](C(=O)N1CCCC1c1nc2c([nH]1)-c1ccccc1CC2)C1CCCCC1. The number of rotatable bonds is 5. The van der Waals surface area contributed by atoms with Crippen molar-refractivity contribution in [3.05, 3.63) is 47.8 Å². The molecule has 1 radical (unpaired) electrons. The molecule has 2 heterocycles. The van der Waals surface area contributed by atoms with Gasteiger partial charge in [0.2, 0.25) is 11.8 Å². The highest BCUT2D eigenvalue weighted by molar-refractivity contribution is 5.91. The third-order valence-corrected chi connectivity index (χ3v) is 7.51. The van der Waals surface area contributed by atoms with Crippen LogP contribution in [0.5, 0.6) is 0 Å². The monoisotopic (exact) mass is 433 g/mol. The van der Waals surface area contributed by atoms with E-state index >= 15 is 0 Å². The van der Waals surface area contributed by atoms with E-state index in [1.165, 1.54) is 24.0 Å². The first kappa shape index (κ1) is 21.2. The molecule has 2 fully saturated rings. The Labute approximate surface area is 190 Å². The number of nitrogens with one attached hydrogen (secondary N) is 2. The lowest BCUT2D eigenvalue weighted by molar-refractivity contribution is -0.138. The first-order chi connectivity index (χ1) is 15.7. The van der Waals surface area contributed by atoms with Gasteiger partial charge in [0.25, 0.3) is 0 Å². The van der Waals surface area contributed by atoms with Crippen LogP contribution in [0.2, 0.25) is 0 Å². The van der Waals surface area contributed by atoms with E-state index in [-0.39, 0.29) is 23.8 Å². The number of carbonyl (C=O) groups excluding carboxylic acids is 2. The Kier molecular flexibility index (Phi) is 6.03. The molecule has 5 rings (SSSR count). The number of hydrogen-bond acceptors (Lipinski definition) is 3. The van der Waals surface area contributed by atoms with Crippen molar-refractivity contribution < 1.29 is 9.59 Å². The molecule has 169 valence electrons. The quantitative estimate of drug-likeness (QED) is 0.744. The number of carbonyl (C=O) groups is 2. The van der Waals surface area contributed by atoms with Crippen molar-refractivity contribution in [1.29, 1.82) is 0 Å². The summed E-state index contributed by atoms with van der Waals surface area (Å²) in [5.74, 6) is 1.02. The number of benzene rings is 1. The second-order valence-corrected chi connectivity index (χ2v) is 9.46. The molecule has 0 bridgehead atoms. The number of aromatic nitrogens is 2. The van der Waals surface area contributed by atoms with Crippen molar-refractivity contribution in [2.45, 2.75) is 76.8 Å². The van der Waals surface area contributed by atoms with E-state index < -0.39 is 6.04 Å². The summed E-state index contributed by atoms with van der Waals surface area (Å²) in [5.41, 5.74) is 4.80. The predicted molar refractivity (Wildman–Crippen MR) is 124 cm³/mol. The van der Waals surface area contributed by atoms with Gasteiger partial charge in [-0.3, -0.25) is 9.59 Å². The van der Waals surface area contributed by atoms with Crippen molar-refractivity contribution in [3.63, 3.8) is 0 Å². The van der Waals surface area contributed by atoms with Gasteiger partial charge in [0.15, 0.2) is 0 Å². The normalized spacial score (nSPS) is 21.7. The Hall–Kier alpha value is -2.63. The smallest absolute Gasteiger partial charge is 0.246 e. The first-order valence-corrected chi connectivity index (χ1v) is 12.2. The molecule has 32 heavy (non-hydrogen) atoms. The molecule has 1 saturated heterocycles. The second-order valence-electron chi connectivity index (χ2n) is 9.46. The molecule has 2 atom stereocenters. The minimum Gasteiger partial charge on any atom is -0.344 e. The van der Waals surface area contributed by atoms with E-state index in [2.05, 4.69) is 34.6 Å². The van der Waals surface area contributed by atoms with E-state index in [1.807, 2.05) is 4.90 Å². The Morgan fingerprint density at radius 2 is 1.94 bits per heavy atom. The van der Waals surface area contributed by atoms with Crippen LogP contribution in [-0.4, -0.2) is 39.3 Å². The van der Waals surface area contributed by atoms with Crippen LogP contribution >= 0.6 is 0 Å².